The van der Waals surface area contributed by atoms with Crippen LogP contribution in [0.25, 0.3) is 0 Å². The number of carbonyl (C=O) groups excluding carboxylic acids is 1. The summed E-state index contributed by atoms with van der Waals surface area (Å²) in [6.07, 6.45) is 0. The van der Waals surface area contributed by atoms with Gasteiger partial charge in [0.25, 0.3) is 0 Å². The van der Waals surface area contributed by atoms with Crippen LogP contribution in [-0.2, 0) is 9.53 Å². The second kappa shape index (κ2) is 8.44. The monoisotopic (exact) mass is 288 g/mol. The summed E-state index contributed by atoms with van der Waals surface area (Å²) in [5.74, 6) is -0.381. The number of carbonyl (C=O) groups is 1. The molecule has 0 saturated heterocycles. The van der Waals surface area contributed by atoms with E-state index in [1.54, 1.807) is 12.1 Å². The summed E-state index contributed by atoms with van der Waals surface area (Å²) < 4.78 is 33.3. The van der Waals surface area contributed by atoms with Gasteiger partial charge >= 0.3 is 6.61 Å². The van der Waals surface area contributed by atoms with Gasteiger partial charge in [0, 0.05) is 12.6 Å². The largest absolute Gasteiger partial charge is 0.435 e. The van der Waals surface area contributed by atoms with E-state index in [4.69, 9.17) is 10.5 Å². The summed E-state index contributed by atoms with van der Waals surface area (Å²) in [5.41, 5.74) is 5.86. The number of primary amides is 1. The Bertz CT molecular complexity index is 413. The van der Waals surface area contributed by atoms with Gasteiger partial charge in [-0.3, -0.25) is 4.79 Å². The molecule has 0 bridgehead atoms. The molecule has 112 valence electrons. The van der Waals surface area contributed by atoms with Crippen molar-refractivity contribution >= 4 is 5.91 Å². The lowest BCUT2D eigenvalue weighted by Crippen LogP contribution is -2.25. The maximum atomic E-state index is 12.0. The van der Waals surface area contributed by atoms with Crippen LogP contribution in [-0.4, -0.2) is 32.3 Å². The molecular weight excluding hydrogens is 270 g/mol. The Kier molecular flexibility index (Phi) is 6.89. The Morgan fingerprint density at radius 2 is 2.00 bits per heavy atom. The molecule has 0 fully saturated rings. The molecule has 0 heterocycles. The van der Waals surface area contributed by atoms with Gasteiger partial charge in [0.15, 0.2) is 0 Å². The van der Waals surface area contributed by atoms with E-state index in [1.165, 1.54) is 12.1 Å². The highest BCUT2D eigenvalue weighted by Crippen LogP contribution is 2.18. The van der Waals surface area contributed by atoms with Crippen molar-refractivity contribution in [3.05, 3.63) is 29.8 Å². The number of ether oxygens (including phenoxy) is 2. The van der Waals surface area contributed by atoms with Gasteiger partial charge in [0.1, 0.15) is 12.4 Å². The first-order valence-corrected chi connectivity index (χ1v) is 6.13. The first-order chi connectivity index (χ1) is 9.49. The summed E-state index contributed by atoms with van der Waals surface area (Å²) in [6, 6.07) is 6.42. The fraction of sp³-hybridized carbons (Fsp3) is 0.462. The number of nitrogens with one attached hydrogen (secondary N) is 1. The minimum atomic E-state index is -2.82. The molecule has 1 rings (SSSR count). The number of alkyl halides is 2. The molecule has 1 unspecified atom stereocenters. The minimum Gasteiger partial charge on any atom is -0.435 e. The Morgan fingerprint density at radius 1 is 1.35 bits per heavy atom. The van der Waals surface area contributed by atoms with Crippen molar-refractivity contribution in [2.24, 2.45) is 5.73 Å². The number of benzene rings is 1. The van der Waals surface area contributed by atoms with Crippen molar-refractivity contribution in [2.45, 2.75) is 19.6 Å². The van der Waals surface area contributed by atoms with Crippen LogP contribution in [0.3, 0.4) is 0 Å². The number of hydrogen-bond acceptors (Lipinski definition) is 4. The van der Waals surface area contributed by atoms with E-state index in [-0.39, 0.29) is 18.4 Å². The zero-order chi connectivity index (χ0) is 15.0. The van der Waals surface area contributed by atoms with Gasteiger partial charge in [-0.2, -0.15) is 8.78 Å². The van der Waals surface area contributed by atoms with Crippen LogP contribution in [0.1, 0.15) is 18.5 Å². The molecule has 0 spiro atoms. The summed E-state index contributed by atoms with van der Waals surface area (Å²) >= 11 is 0. The zero-order valence-corrected chi connectivity index (χ0v) is 11.1. The summed E-state index contributed by atoms with van der Waals surface area (Å²) in [6.45, 7) is -0.0880. The van der Waals surface area contributed by atoms with E-state index in [1.807, 2.05) is 6.92 Å². The highest BCUT2D eigenvalue weighted by atomic mass is 19.3. The van der Waals surface area contributed by atoms with E-state index >= 15 is 0 Å². The molecule has 0 aliphatic heterocycles. The standard InChI is InChI=1S/C13H18F2N2O3/c1-9(17-6-7-19-8-12(16)18)10-2-4-11(5-3-10)20-13(14)15/h2-5,9,13,17H,6-8H2,1H3,(H2,16,18). The lowest BCUT2D eigenvalue weighted by atomic mass is 10.1. The summed E-state index contributed by atoms with van der Waals surface area (Å²) in [4.78, 5) is 10.4. The van der Waals surface area contributed by atoms with Gasteiger partial charge in [-0.05, 0) is 24.6 Å². The number of amides is 1. The second-order valence-corrected chi connectivity index (χ2v) is 4.14. The molecule has 0 saturated carbocycles. The maximum absolute atomic E-state index is 12.0. The van der Waals surface area contributed by atoms with Gasteiger partial charge in [-0.25, -0.2) is 0 Å². The van der Waals surface area contributed by atoms with Crippen molar-refractivity contribution < 1.29 is 23.0 Å². The highest BCUT2D eigenvalue weighted by molar-refractivity contribution is 5.74. The van der Waals surface area contributed by atoms with E-state index in [2.05, 4.69) is 10.1 Å². The number of rotatable bonds is 9. The molecule has 3 N–H and O–H groups in total. The van der Waals surface area contributed by atoms with Crippen LogP contribution in [0.5, 0.6) is 5.75 Å². The van der Waals surface area contributed by atoms with Crippen LogP contribution in [0, 0.1) is 0 Å². The van der Waals surface area contributed by atoms with Crippen LogP contribution < -0.4 is 15.8 Å². The van der Waals surface area contributed by atoms with Crippen molar-refractivity contribution in [2.75, 3.05) is 19.8 Å². The first-order valence-electron chi connectivity index (χ1n) is 6.13. The smallest absolute Gasteiger partial charge is 0.387 e. The SMILES string of the molecule is CC(NCCOCC(N)=O)c1ccc(OC(F)F)cc1. The molecule has 1 amide bonds. The molecule has 7 heteroatoms. The normalized spacial score (nSPS) is 12.4. The molecule has 20 heavy (non-hydrogen) atoms. The van der Waals surface area contributed by atoms with Crippen molar-refractivity contribution in [3.8, 4) is 5.75 Å². The molecule has 1 atom stereocenters. The van der Waals surface area contributed by atoms with Crippen molar-refractivity contribution in [1.82, 2.24) is 5.32 Å². The topological polar surface area (TPSA) is 73.6 Å². The van der Waals surface area contributed by atoms with Crippen LogP contribution in [0.2, 0.25) is 0 Å². The summed E-state index contributed by atoms with van der Waals surface area (Å²) in [7, 11) is 0. The van der Waals surface area contributed by atoms with Gasteiger partial charge in [-0.15, -0.1) is 0 Å². The number of nitrogens with two attached hydrogens (primary N) is 1. The van der Waals surface area contributed by atoms with Gasteiger partial charge in [0.05, 0.1) is 6.61 Å². The molecule has 0 aliphatic carbocycles. The Morgan fingerprint density at radius 3 is 2.55 bits per heavy atom. The van der Waals surface area contributed by atoms with Crippen molar-refractivity contribution in [3.63, 3.8) is 0 Å². The maximum Gasteiger partial charge on any atom is 0.387 e. The van der Waals surface area contributed by atoms with E-state index in [9.17, 15) is 13.6 Å². The van der Waals surface area contributed by atoms with E-state index in [0.29, 0.717) is 13.2 Å². The van der Waals surface area contributed by atoms with Gasteiger partial charge < -0.3 is 20.5 Å². The third kappa shape index (κ3) is 6.44. The molecule has 0 aliphatic rings. The summed E-state index contributed by atoms with van der Waals surface area (Å²) in [5, 5.41) is 3.17. The van der Waals surface area contributed by atoms with Crippen molar-refractivity contribution in [1.29, 1.82) is 0 Å². The predicted octanol–water partition coefficient (Wildman–Crippen LogP) is 1.44. The zero-order valence-electron chi connectivity index (χ0n) is 11.1. The minimum absolute atomic E-state index is 0.0211. The lowest BCUT2D eigenvalue weighted by molar-refractivity contribution is -0.122. The Balaban J connectivity index is 2.32. The molecule has 0 radical (unpaired) electrons. The first kappa shape index (κ1) is 16.3. The Labute approximate surface area is 116 Å². The van der Waals surface area contributed by atoms with Gasteiger partial charge in [-0.1, -0.05) is 12.1 Å². The number of halogens is 2. The third-order valence-corrected chi connectivity index (χ3v) is 2.55. The fourth-order valence-corrected chi connectivity index (χ4v) is 1.58. The Hall–Kier alpha value is -1.73. The second-order valence-electron chi connectivity index (χ2n) is 4.14. The molecule has 5 nitrogen and oxygen atoms in total. The third-order valence-electron chi connectivity index (χ3n) is 2.55. The highest BCUT2D eigenvalue weighted by Gasteiger charge is 2.07. The number of hydrogen-bond donors (Lipinski definition) is 2. The average Bonchev–Trinajstić information content (AvgIpc) is 2.38. The fourth-order valence-electron chi connectivity index (χ4n) is 1.58. The van der Waals surface area contributed by atoms with E-state index in [0.717, 1.165) is 5.56 Å². The molecule has 1 aromatic carbocycles. The van der Waals surface area contributed by atoms with E-state index < -0.39 is 12.5 Å². The average molecular weight is 288 g/mol. The lowest BCUT2D eigenvalue weighted by Gasteiger charge is -2.14. The van der Waals surface area contributed by atoms with Crippen LogP contribution in [0.15, 0.2) is 24.3 Å². The van der Waals surface area contributed by atoms with Gasteiger partial charge in [0.2, 0.25) is 5.91 Å². The molecular formula is C13H18F2N2O3. The van der Waals surface area contributed by atoms with Crippen LogP contribution in [0.4, 0.5) is 8.78 Å². The molecule has 0 aromatic heterocycles. The van der Waals surface area contributed by atoms with Crippen LogP contribution >= 0.6 is 0 Å². The predicted molar refractivity (Wildman–Crippen MR) is 69.5 cm³/mol. The molecule has 1 aromatic rings. The quantitative estimate of drug-likeness (QED) is 0.674.